The quantitative estimate of drug-likeness (QED) is 0.113. The number of nitrogens with one attached hydrogen (secondary N) is 12. The van der Waals surface area contributed by atoms with Crippen LogP contribution in [0.5, 0.6) is 0 Å². The van der Waals surface area contributed by atoms with Crippen molar-refractivity contribution in [2.45, 2.75) is 24.2 Å². The molecule has 228 valence electrons. The second-order valence-electron chi connectivity index (χ2n) is 9.47. The standard InChI is InChI=1S/4C6H10N4.2W/c4*1-5-6(10-3-7-1)2-8-4-9-5;;/h4*1,3,6,8-9H,2,4H2,(H,7,10);;. The van der Waals surface area contributed by atoms with Crippen molar-refractivity contribution in [2.24, 2.45) is 20.0 Å². The maximum Gasteiger partial charge on any atom is 0.105 e. The number of fused-ring (bicyclic) bond motifs is 4. The van der Waals surface area contributed by atoms with E-state index >= 15 is 0 Å². The molecule has 4 fully saturated rings. The van der Waals surface area contributed by atoms with Gasteiger partial charge in [-0.2, -0.15) is 0 Å². The summed E-state index contributed by atoms with van der Waals surface area (Å²) in [5.41, 5.74) is 4.73. The molecule has 16 nitrogen and oxygen atoms in total. The fraction of sp³-hybridized carbons (Fsp3) is 0.500. The maximum absolute atomic E-state index is 4.22. The minimum absolute atomic E-state index is 0. The number of nitrogens with zero attached hydrogens (tertiary/aromatic N) is 4. The van der Waals surface area contributed by atoms with Crippen molar-refractivity contribution < 1.29 is 42.1 Å². The zero-order chi connectivity index (χ0) is 27.2. The molecule has 42 heavy (non-hydrogen) atoms. The van der Waals surface area contributed by atoms with Gasteiger partial charge in [0.15, 0.2) is 0 Å². The third-order valence-corrected chi connectivity index (χ3v) is 6.73. The molecule has 0 saturated carbocycles. The molecule has 0 spiro atoms. The molecule has 8 aliphatic rings. The monoisotopic (exact) mass is 920 g/mol. The third kappa shape index (κ3) is 10.2. The summed E-state index contributed by atoms with van der Waals surface area (Å²) >= 11 is 0. The molecule has 4 atom stereocenters. The van der Waals surface area contributed by atoms with Crippen LogP contribution in [-0.4, -0.2) is 102 Å². The molecule has 12 N–H and O–H groups in total. The van der Waals surface area contributed by atoms with E-state index in [0.717, 1.165) is 52.9 Å². The first-order valence-corrected chi connectivity index (χ1v) is 13.6. The van der Waals surface area contributed by atoms with Gasteiger partial charge in [-0.05, 0) is 0 Å². The number of aliphatic imine (C=N–C) groups is 4. The van der Waals surface area contributed by atoms with Crippen molar-refractivity contribution >= 4 is 25.4 Å². The first kappa shape index (κ1) is 33.8. The van der Waals surface area contributed by atoms with Crippen molar-refractivity contribution in [3.63, 3.8) is 0 Å². The van der Waals surface area contributed by atoms with Crippen LogP contribution in [0.2, 0.25) is 0 Å². The van der Waals surface area contributed by atoms with E-state index in [4.69, 9.17) is 0 Å². The number of hydrogen-bond acceptors (Lipinski definition) is 16. The van der Waals surface area contributed by atoms with Crippen LogP contribution in [0.3, 0.4) is 0 Å². The van der Waals surface area contributed by atoms with Crippen molar-refractivity contribution in [3.8, 4) is 0 Å². The van der Waals surface area contributed by atoms with Crippen LogP contribution in [0.4, 0.5) is 0 Å². The van der Waals surface area contributed by atoms with Gasteiger partial charge in [-0.15, -0.1) is 0 Å². The Morgan fingerprint density at radius 2 is 0.643 bits per heavy atom. The van der Waals surface area contributed by atoms with Crippen LogP contribution < -0.4 is 63.8 Å². The van der Waals surface area contributed by atoms with Gasteiger partial charge in [-0.1, -0.05) is 0 Å². The maximum atomic E-state index is 4.22. The molecule has 0 amide bonds. The van der Waals surface area contributed by atoms with Gasteiger partial charge in [-0.25, -0.2) is 0 Å². The van der Waals surface area contributed by atoms with E-state index in [9.17, 15) is 0 Å². The first-order chi connectivity index (χ1) is 19.9. The fourth-order valence-electron chi connectivity index (χ4n) is 4.57. The molecule has 8 rings (SSSR count). The van der Waals surface area contributed by atoms with E-state index in [0.29, 0.717) is 24.2 Å². The van der Waals surface area contributed by atoms with Crippen LogP contribution in [0.15, 0.2) is 67.6 Å². The van der Waals surface area contributed by atoms with Gasteiger partial charge < -0.3 is 42.5 Å². The molecule has 0 aliphatic carbocycles. The van der Waals surface area contributed by atoms with Crippen molar-refractivity contribution in [1.82, 2.24) is 63.8 Å². The molecule has 8 aliphatic heterocycles. The molecule has 18 heteroatoms. The predicted octanol–water partition coefficient (Wildman–Crippen LogP) is -4.09. The van der Waals surface area contributed by atoms with Crippen LogP contribution in [-0.2, 0) is 42.1 Å². The van der Waals surface area contributed by atoms with Gasteiger partial charge in [0, 0.05) is 93.1 Å². The van der Waals surface area contributed by atoms with E-state index in [-0.39, 0.29) is 42.1 Å². The van der Waals surface area contributed by atoms with Crippen LogP contribution in [0.25, 0.3) is 0 Å². The average molecular weight is 920 g/mol. The van der Waals surface area contributed by atoms with E-state index < -0.39 is 0 Å². The van der Waals surface area contributed by atoms with Gasteiger partial charge >= 0.3 is 0 Å². The summed E-state index contributed by atoms with van der Waals surface area (Å²) < 4.78 is 0. The fourth-order valence-corrected chi connectivity index (χ4v) is 4.57. The Kier molecular flexibility index (Phi) is 15.0. The normalized spacial score (nSPS) is 28.2. The zero-order valence-corrected chi connectivity index (χ0v) is 29.1. The topological polar surface area (TPSA) is 194 Å². The van der Waals surface area contributed by atoms with Crippen LogP contribution >= 0.6 is 0 Å². The molecule has 0 aromatic heterocycles. The molecule has 8 heterocycles. The van der Waals surface area contributed by atoms with E-state index in [1.54, 1.807) is 25.4 Å². The third-order valence-electron chi connectivity index (χ3n) is 6.73. The molecule has 0 bridgehead atoms. The molecule has 0 radical (unpaired) electrons. The Morgan fingerprint density at radius 1 is 0.405 bits per heavy atom. The van der Waals surface area contributed by atoms with Gasteiger partial charge in [-0.3, -0.25) is 41.2 Å². The second kappa shape index (κ2) is 18.7. The van der Waals surface area contributed by atoms with E-state index in [1.165, 1.54) is 22.8 Å². The first-order valence-electron chi connectivity index (χ1n) is 13.6. The smallest absolute Gasteiger partial charge is 0.105 e. The Labute approximate surface area is 274 Å². The Hall–Kier alpha value is -2.74. The summed E-state index contributed by atoms with van der Waals surface area (Å²) in [6.07, 6.45) is 14.7. The Morgan fingerprint density at radius 3 is 0.857 bits per heavy atom. The minimum atomic E-state index is 0. The van der Waals surface area contributed by atoms with Gasteiger partial charge in [0.2, 0.25) is 0 Å². The SMILES string of the molecule is C1=NC2CNCNC2=CN1.C1=NC2CNCNC2=CN1.C1=NC2CNCNC2=CN1.C1=NC2CNCNC2=CN1.[W].[W]. The van der Waals surface area contributed by atoms with Gasteiger partial charge in [0.1, 0.15) is 24.2 Å². The summed E-state index contributed by atoms with van der Waals surface area (Å²) in [6, 6.07) is 1.20. The summed E-state index contributed by atoms with van der Waals surface area (Å²) in [4.78, 5) is 16.9. The van der Waals surface area contributed by atoms with Crippen molar-refractivity contribution in [1.29, 1.82) is 0 Å². The minimum Gasteiger partial charge on any atom is -0.373 e. The molecule has 4 unspecified atom stereocenters. The molecular formula is C24H40N16W2. The predicted molar refractivity (Wildman–Crippen MR) is 158 cm³/mol. The number of rotatable bonds is 0. The largest absolute Gasteiger partial charge is 0.373 e. The molecule has 4 saturated heterocycles. The zero-order valence-electron chi connectivity index (χ0n) is 23.2. The Balaban J connectivity index is 0.000000151. The molecular weight excluding hydrogens is 880 g/mol. The van der Waals surface area contributed by atoms with Crippen LogP contribution in [0.1, 0.15) is 0 Å². The second-order valence-corrected chi connectivity index (χ2v) is 9.47. The average Bonchev–Trinajstić information content (AvgIpc) is 3.06. The van der Waals surface area contributed by atoms with Gasteiger partial charge in [0.25, 0.3) is 0 Å². The van der Waals surface area contributed by atoms with E-state index in [1.807, 2.05) is 24.8 Å². The summed E-state index contributed by atoms with van der Waals surface area (Å²) in [7, 11) is 0. The molecule has 0 aromatic carbocycles. The molecule has 0 aromatic rings. The Bertz CT molecular complexity index is 916. The van der Waals surface area contributed by atoms with Crippen molar-refractivity contribution in [2.75, 3.05) is 52.9 Å². The number of hydrogen-bond donors (Lipinski definition) is 12. The summed E-state index contributed by atoms with van der Waals surface area (Å²) in [5.74, 6) is 0. The van der Waals surface area contributed by atoms with Crippen molar-refractivity contribution in [3.05, 3.63) is 47.6 Å². The van der Waals surface area contributed by atoms with Crippen LogP contribution in [0, 0.1) is 0 Å². The summed E-state index contributed by atoms with van der Waals surface area (Å²) in [5, 5.41) is 37.3. The van der Waals surface area contributed by atoms with Gasteiger partial charge in [0.05, 0.1) is 74.8 Å². The van der Waals surface area contributed by atoms with E-state index in [2.05, 4.69) is 83.8 Å². The summed E-state index contributed by atoms with van der Waals surface area (Å²) in [6.45, 7) is 7.15.